The largest absolute Gasteiger partial charge is 0.507 e. The Balaban J connectivity index is 1.50. The number of nitrogens with zero attached hydrogens (tertiary/aromatic N) is 1. The fraction of sp³-hybridized carbons (Fsp3) is 0.344. The third-order valence-electron chi connectivity index (χ3n) is 6.28. The maximum atomic E-state index is 12.5. The van der Waals surface area contributed by atoms with Crippen LogP contribution >= 0.6 is 23.2 Å². The van der Waals surface area contributed by atoms with Crippen molar-refractivity contribution in [1.29, 1.82) is 0 Å². The Bertz CT molecular complexity index is 1390. The quantitative estimate of drug-likeness (QED) is 0.177. The zero-order valence-corrected chi connectivity index (χ0v) is 25.8. The normalized spacial score (nSPS) is 11.9. The summed E-state index contributed by atoms with van der Waals surface area (Å²) in [4.78, 5) is 24.7. The number of hydrogen-bond donors (Lipinski definition) is 3. The monoisotopic (exact) mass is 597 g/mol. The van der Waals surface area contributed by atoms with E-state index in [0.717, 1.165) is 22.3 Å². The second-order valence-corrected chi connectivity index (χ2v) is 12.7. The summed E-state index contributed by atoms with van der Waals surface area (Å²) in [6.45, 7) is 12.2. The number of benzene rings is 3. The molecule has 3 N–H and O–H groups in total. The van der Waals surface area contributed by atoms with Gasteiger partial charge in [-0.15, -0.1) is 0 Å². The number of phenolic OH excluding ortho intramolecular Hbond substituents is 1. The average Bonchev–Trinajstić information content (AvgIpc) is 2.88. The molecule has 0 saturated carbocycles. The first-order chi connectivity index (χ1) is 19.1. The maximum Gasteiger partial charge on any atom is 0.262 e. The number of anilines is 1. The molecule has 3 rings (SSSR count). The molecule has 0 fully saturated rings. The number of nitrogens with one attached hydrogen (secondary N) is 2. The molecule has 0 aromatic heterocycles. The molecular formula is C32H37Cl2N3O4. The summed E-state index contributed by atoms with van der Waals surface area (Å²) < 4.78 is 5.53. The molecule has 41 heavy (non-hydrogen) atoms. The van der Waals surface area contributed by atoms with Gasteiger partial charge in [0.05, 0.1) is 16.9 Å². The highest BCUT2D eigenvalue weighted by atomic mass is 35.5. The first kappa shape index (κ1) is 32.0. The van der Waals surface area contributed by atoms with Gasteiger partial charge in [-0.2, -0.15) is 5.10 Å². The molecule has 0 radical (unpaired) electrons. The fourth-order valence-corrected chi connectivity index (χ4v) is 4.39. The minimum Gasteiger partial charge on any atom is -0.507 e. The van der Waals surface area contributed by atoms with Gasteiger partial charge in [0.15, 0.2) is 6.61 Å². The van der Waals surface area contributed by atoms with Crippen LogP contribution in [0.3, 0.4) is 0 Å². The van der Waals surface area contributed by atoms with Gasteiger partial charge in [-0.25, -0.2) is 5.43 Å². The van der Waals surface area contributed by atoms with Crippen LogP contribution in [0.4, 0.5) is 5.69 Å². The van der Waals surface area contributed by atoms with Crippen LogP contribution in [0, 0.1) is 0 Å². The summed E-state index contributed by atoms with van der Waals surface area (Å²) in [6.07, 6.45) is 2.31. The van der Waals surface area contributed by atoms with Gasteiger partial charge in [0.2, 0.25) is 5.91 Å². The van der Waals surface area contributed by atoms with Gasteiger partial charge in [-0.1, -0.05) is 76.9 Å². The van der Waals surface area contributed by atoms with Crippen LogP contribution in [0.5, 0.6) is 11.5 Å². The lowest BCUT2D eigenvalue weighted by atomic mass is 9.78. The Morgan fingerprint density at radius 1 is 0.902 bits per heavy atom. The first-order valence-corrected chi connectivity index (χ1v) is 14.1. The number of aryl methyl sites for hydroxylation is 1. The van der Waals surface area contributed by atoms with Crippen molar-refractivity contribution in [2.75, 3.05) is 11.9 Å². The molecule has 7 nitrogen and oxygen atoms in total. The SMILES string of the molecule is CC(C)(C)c1cc(CCC(=O)N/N=C\c2ccc(OCC(=O)Nc3cc(Cl)ccc3Cl)cc2)cc(C(C)(C)C)c1O. The molecule has 0 aliphatic heterocycles. The highest BCUT2D eigenvalue weighted by Crippen LogP contribution is 2.40. The zero-order chi connectivity index (χ0) is 30.4. The first-order valence-electron chi connectivity index (χ1n) is 13.3. The van der Waals surface area contributed by atoms with E-state index < -0.39 is 0 Å². The van der Waals surface area contributed by atoms with Crippen LogP contribution < -0.4 is 15.5 Å². The number of halogens is 2. The Morgan fingerprint density at radius 2 is 1.51 bits per heavy atom. The van der Waals surface area contributed by atoms with Crippen LogP contribution in [0.1, 0.15) is 70.2 Å². The van der Waals surface area contributed by atoms with E-state index in [-0.39, 0.29) is 35.7 Å². The van der Waals surface area contributed by atoms with E-state index in [4.69, 9.17) is 27.9 Å². The molecule has 3 aromatic carbocycles. The highest BCUT2D eigenvalue weighted by Gasteiger charge is 2.26. The van der Waals surface area contributed by atoms with E-state index in [1.807, 2.05) is 12.1 Å². The van der Waals surface area contributed by atoms with Crippen molar-refractivity contribution >= 4 is 46.9 Å². The van der Waals surface area contributed by atoms with E-state index in [0.29, 0.717) is 33.7 Å². The number of rotatable bonds is 9. The summed E-state index contributed by atoms with van der Waals surface area (Å²) in [7, 11) is 0. The lowest BCUT2D eigenvalue weighted by Crippen LogP contribution is -2.20. The Morgan fingerprint density at radius 3 is 2.10 bits per heavy atom. The fourth-order valence-electron chi connectivity index (χ4n) is 4.05. The van der Waals surface area contributed by atoms with E-state index in [9.17, 15) is 14.7 Å². The van der Waals surface area contributed by atoms with Crippen molar-refractivity contribution in [3.63, 3.8) is 0 Å². The van der Waals surface area contributed by atoms with Gasteiger partial charge < -0.3 is 15.2 Å². The van der Waals surface area contributed by atoms with Gasteiger partial charge in [-0.05, 0) is 82.0 Å². The number of ether oxygens (including phenoxy) is 1. The molecule has 0 bridgehead atoms. The van der Waals surface area contributed by atoms with Crippen LogP contribution in [0.15, 0.2) is 59.7 Å². The number of phenols is 1. The summed E-state index contributed by atoms with van der Waals surface area (Å²) in [5.74, 6) is 0.232. The summed E-state index contributed by atoms with van der Waals surface area (Å²) in [5.41, 5.74) is 6.00. The van der Waals surface area contributed by atoms with Gasteiger partial charge in [0, 0.05) is 11.4 Å². The molecule has 0 aliphatic rings. The predicted molar refractivity (Wildman–Crippen MR) is 167 cm³/mol. The average molecular weight is 599 g/mol. The number of carbonyl (C=O) groups excluding carboxylic acids is 2. The van der Waals surface area contributed by atoms with Crippen LogP contribution in [-0.4, -0.2) is 29.7 Å². The van der Waals surface area contributed by atoms with E-state index in [1.165, 1.54) is 6.21 Å². The minimum atomic E-state index is -0.376. The topological polar surface area (TPSA) is 100 Å². The molecule has 0 aliphatic carbocycles. The Hall–Kier alpha value is -3.55. The molecular weight excluding hydrogens is 561 g/mol. The summed E-state index contributed by atoms with van der Waals surface area (Å²) in [5, 5.41) is 18.4. The van der Waals surface area contributed by atoms with Gasteiger partial charge in [0.25, 0.3) is 5.91 Å². The van der Waals surface area contributed by atoms with Crippen LogP contribution in [0.2, 0.25) is 10.0 Å². The molecule has 9 heteroatoms. The third-order valence-corrected chi connectivity index (χ3v) is 6.85. The molecule has 218 valence electrons. The Kier molecular flexibility index (Phi) is 10.5. The Labute approximate surface area is 251 Å². The number of aromatic hydroxyl groups is 1. The van der Waals surface area contributed by atoms with Crippen molar-refractivity contribution in [3.05, 3.63) is 86.9 Å². The van der Waals surface area contributed by atoms with Crippen molar-refractivity contribution in [3.8, 4) is 11.5 Å². The molecule has 3 aromatic rings. The molecule has 0 spiro atoms. The van der Waals surface area contributed by atoms with Crippen LogP contribution in [-0.2, 0) is 26.8 Å². The summed E-state index contributed by atoms with van der Waals surface area (Å²) >= 11 is 12.0. The van der Waals surface area contributed by atoms with E-state index in [1.54, 1.807) is 42.5 Å². The van der Waals surface area contributed by atoms with Crippen molar-refractivity contribution in [2.24, 2.45) is 5.10 Å². The molecule has 0 heterocycles. The van der Waals surface area contributed by atoms with Crippen molar-refractivity contribution in [1.82, 2.24) is 5.43 Å². The summed E-state index contributed by atoms with van der Waals surface area (Å²) in [6, 6.07) is 15.7. The highest BCUT2D eigenvalue weighted by molar-refractivity contribution is 6.35. The smallest absolute Gasteiger partial charge is 0.262 e. The lowest BCUT2D eigenvalue weighted by Gasteiger charge is -2.28. The van der Waals surface area contributed by atoms with E-state index in [2.05, 4.69) is 57.4 Å². The van der Waals surface area contributed by atoms with E-state index >= 15 is 0 Å². The third kappa shape index (κ3) is 9.51. The van der Waals surface area contributed by atoms with Gasteiger partial charge in [-0.3, -0.25) is 9.59 Å². The maximum absolute atomic E-state index is 12.5. The standard InChI is InChI=1S/C32H37Cl2N3O4/c1-31(2,3)24-15-21(16-25(30(24)40)32(4,5)6)9-14-28(38)37-35-18-20-7-11-23(12-8-20)41-19-29(39)36-27-17-22(33)10-13-26(27)34/h7-8,10-13,15-18,40H,9,14,19H2,1-6H3,(H,36,39)(H,37,38)/b35-18-. The second kappa shape index (κ2) is 13.4. The second-order valence-electron chi connectivity index (χ2n) is 11.9. The number of hydrazone groups is 1. The predicted octanol–water partition coefficient (Wildman–Crippen LogP) is 7.39. The number of hydrogen-bond acceptors (Lipinski definition) is 5. The minimum absolute atomic E-state index is 0.206. The molecule has 0 saturated heterocycles. The zero-order valence-electron chi connectivity index (χ0n) is 24.3. The van der Waals surface area contributed by atoms with Crippen molar-refractivity contribution in [2.45, 2.75) is 65.2 Å². The van der Waals surface area contributed by atoms with Gasteiger partial charge >= 0.3 is 0 Å². The van der Waals surface area contributed by atoms with Crippen molar-refractivity contribution < 1.29 is 19.4 Å². The van der Waals surface area contributed by atoms with Crippen LogP contribution in [0.25, 0.3) is 0 Å². The number of carbonyl (C=O) groups is 2. The lowest BCUT2D eigenvalue weighted by molar-refractivity contribution is -0.121. The molecule has 2 amide bonds. The number of amides is 2. The molecule has 0 unspecified atom stereocenters. The van der Waals surface area contributed by atoms with Gasteiger partial charge in [0.1, 0.15) is 11.5 Å². The molecule has 0 atom stereocenters.